The second-order valence-corrected chi connectivity index (χ2v) is 6.44. The van der Waals surface area contributed by atoms with Gasteiger partial charge < -0.3 is 15.2 Å². The van der Waals surface area contributed by atoms with Crippen LogP contribution in [0.25, 0.3) is 0 Å². The number of aliphatic hydroxyl groups is 1. The molecule has 2 rings (SSSR count). The standard InChI is InChI=1S/C18H28N6O3/c1-5-6-7-14(10-25)21-17-16(9-19-18(22-17)20-13(3)26)27-11-15-8-12(2)23-24(15)4/h8-9,14,25H,5-7,10-11H2,1-4H3,(H2,19,20,21,22,26)/t14-/m0/s1. The molecule has 0 radical (unpaired) electrons. The minimum Gasteiger partial charge on any atom is -0.482 e. The van der Waals surface area contributed by atoms with Crippen LogP contribution in [0.15, 0.2) is 12.3 Å². The van der Waals surface area contributed by atoms with Crippen LogP contribution in [0.2, 0.25) is 0 Å². The predicted molar refractivity (Wildman–Crippen MR) is 103 cm³/mol. The topological polar surface area (TPSA) is 114 Å². The van der Waals surface area contributed by atoms with Crippen LogP contribution in [0.3, 0.4) is 0 Å². The van der Waals surface area contributed by atoms with Gasteiger partial charge in [-0.3, -0.25) is 14.8 Å². The predicted octanol–water partition coefficient (Wildman–Crippen LogP) is 2.02. The third-order valence-corrected chi connectivity index (χ3v) is 3.98. The van der Waals surface area contributed by atoms with Gasteiger partial charge in [-0.05, 0) is 19.4 Å². The van der Waals surface area contributed by atoms with Crippen molar-refractivity contribution in [2.75, 3.05) is 17.2 Å². The highest BCUT2D eigenvalue weighted by atomic mass is 16.5. The van der Waals surface area contributed by atoms with E-state index in [4.69, 9.17) is 4.74 Å². The molecule has 0 aliphatic carbocycles. The monoisotopic (exact) mass is 376 g/mol. The third-order valence-electron chi connectivity index (χ3n) is 3.98. The van der Waals surface area contributed by atoms with E-state index in [1.807, 2.05) is 20.0 Å². The average molecular weight is 376 g/mol. The summed E-state index contributed by atoms with van der Waals surface area (Å²) in [7, 11) is 1.85. The van der Waals surface area contributed by atoms with Crippen LogP contribution in [0.1, 0.15) is 44.5 Å². The third kappa shape index (κ3) is 6.21. The van der Waals surface area contributed by atoms with Crippen LogP contribution >= 0.6 is 0 Å². The summed E-state index contributed by atoms with van der Waals surface area (Å²) in [5.74, 6) is 0.797. The number of rotatable bonds is 10. The molecular formula is C18H28N6O3. The summed E-state index contributed by atoms with van der Waals surface area (Å²) in [6.45, 7) is 5.68. The fourth-order valence-electron chi connectivity index (χ4n) is 2.60. The van der Waals surface area contributed by atoms with E-state index in [2.05, 4.69) is 32.6 Å². The molecule has 0 aliphatic heterocycles. The van der Waals surface area contributed by atoms with Crippen LogP contribution in [0.5, 0.6) is 5.75 Å². The molecular weight excluding hydrogens is 348 g/mol. The summed E-state index contributed by atoms with van der Waals surface area (Å²) in [6, 6.07) is 1.78. The second-order valence-electron chi connectivity index (χ2n) is 6.44. The number of aromatic nitrogens is 4. The summed E-state index contributed by atoms with van der Waals surface area (Å²) >= 11 is 0. The van der Waals surface area contributed by atoms with Crippen LogP contribution in [-0.4, -0.2) is 43.4 Å². The lowest BCUT2D eigenvalue weighted by Crippen LogP contribution is -2.25. The first-order valence-corrected chi connectivity index (χ1v) is 9.07. The molecule has 9 nitrogen and oxygen atoms in total. The van der Waals surface area contributed by atoms with Gasteiger partial charge in [-0.25, -0.2) is 4.98 Å². The molecule has 1 atom stereocenters. The van der Waals surface area contributed by atoms with Gasteiger partial charge in [-0.2, -0.15) is 10.1 Å². The fraction of sp³-hybridized carbons (Fsp3) is 0.556. The molecule has 27 heavy (non-hydrogen) atoms. The van der Waals surface area contributed by atoms with Gasteiger partial charge >= 0.3 is 0 Å². The number of unbranched alkanes of at least 4 members (excludes halogenated alkanes) is 1. The van der Waals surface area contributed by atoms with Crippen molar-refractivity contribution in [1.82, 2.24) is 19.7 Å². The normalized spacial score (nSPS) is 11.9. The van der Waals surface area contributed by atoms with Crippen LogP contribution in [0, 0.1) is 6.92 Å². The Balaban J connectivity index is 2.20. The Bertz CT molecular complexity index is 762. The summed E-state index contributed by atoms with van der Waals surface area (Å²) in [6.07, 6.45) is 4.32. The molecule has 0 saturated carbocycles. The van der Waals surface area contributed by atoms with Crippen molar-refractivity contribution in [3.8, 4) is 5.75 Å². The summed E-state index contributed by atoms with van der Waals surface area (Å²) in [5, 5.41) is 19.7. The van der Waals surface area contributed by atoms with Crippen LogP contribution in [-0.2, 0) is 18.4 Å². The molecule has 0 spiro atoms. The summed E-state index contributed by atoms with van der Waals surface area (Å²) in [4.78, 5) is 19.7. The smallest absolute Gasteiger partial charge is 0.231 e. The first-order valence-electron chi connectivity index (χ1n) is 9.07. The zero-order chi connectivity index (χ0) is 19.8. The number of amides is 1. The van der Waals surface area contributed by atoms with E-state index in [1.54, 1.807) is 4.68 Å². The van der Waals surface area contributed by atoms with E-state index in [9.17, 15) is 9.90 Å². The molecule has 3 N–H and O–H groups in total. The molecule has 0 fully saturated rings. The highest BCUT2D eigenvalue weighted by molar-refractivity contribution is 5.86. The molecule has 148 valence electrons. The second kappa shape index (κ2) is 9.86. The van der Waals surface area contributed by atoms with Crippen molar-refractivity contribution < 1.29 is 14.6 Å². The first-order chi connectivity index (χ1) is 12.9. The Kier molecular flexibility index (Phi) is 7.54. The number of carbonyl (C=O) groups is 1. The number of nitrogens with one attached hydrogen (secondary N) is 2. The quantitative estimate of drug-likeness (QED) is 0.581. The Morgan fingerprint density at radius 1 is 1.44 bits per heavy atom. The van der Waals surface area contributed by atoms with Gasteiger partial charge in [-0.15, -0.1) is 0 Å². The summed E-state index contributed by atoms with van der Waals surface area (Å²) in [5.41, 5.74) is 1.82. The number of aryl methyl sites for hydroxylation is 2. The zero-order valence-electron chi connectivity index (χ0n) is 16.3. The first kappa shape index (κ1) is 20.6. The van der Waals surface area contributed by atoms with E-state index >= 15 is 0 Å². The highest BCUT2D eigenvalue weighted by Crippen LogP contribution is 2.25. The van der Waals surface area contributed by atoms with Gasteiger partial charge in [-0.1, -0.05) is 19.8 Å². The minimum atomic E-state index is -0.260. The Labute approximate surface area is 159 Å². The van der Waals surface area contributed by atoms with E-state index < -0.39 is 0 Å². The van der Waals surface area contributed by atoms with E-state index in [-0.39, 0.29) is 24.5 Å². The molecule has 0 saturated heterocycles. The van der Waals surface area contributed by atoms with Gasteiger partial charge in [0.1, 0.15) is 6.61 Å². The minimum absolute atomic E-state index is 0.0279. The van der Waals surface area contributed by atoms with Crippen LogP contribution in [0.4, 0.5) is 11.8 Å². The lowest BCUT2D eigenvalue weighted by Gasteiger charge is -2.19. The maximum Gasteiger partial charge on any atom is 0.231 e. The molecule has 0 aliphatic rings. The molecule has 2 heterocycles. The number of ether oxygens (including phenoxy) is 1. The number of carbonyl (C=O) groups excluding carboxylic acids is 1. The average Bonchev–Trinajstić information content (AvgIpc) is 2.94. The Morgan fingerprint density at radius 2 is 2.22 bits per heavy atom. The molecule has 2 aromatic rings. The fourth-order valence-corrected chi connectivity index (χ4v) is 2.60. The van der Waals surface area contributed by atoms with Crippen molar-refractivity contribution in [3.05, 3.63) is 23.7 Å². The molecule has 1 amide bonds. The number of hydrogen-bond acceptors (Lipinski definition) is 7. The molecule has 2 aromatic heterocycles. The largest absolute Gasteiger partial charge is 0.482 e. The lowest BCUT2D eigenvalue weighted by molar-refractivity contribution is -0.114. The maximum atomic E-state index is 11.3. The van der Waals surface area contributed by atoms with Gasteiger partial charge in [0.05, 0.1) is 30.2 Å². The van der Waals surface area contributed by atoms with Crippen molar-refractivity contribution in [1.29, 1.82) is 0 Å². The lowest BCUT2D eigenvalue weighted by atomic mass is 10.1. The van der Waals surface area contributed by atoms with Gasteiger partial charge in [0.15, 0.2) is 11.6 Å². The Morgan fingerprint density at radius 3 is 2.81 bits per heavy atom. The van der Waals surface area contributed by atoms with E-state index in [1.165, 1.54) is 13.1 Å². The Hall–Kier alpha value is -2.68. The van der Waals surface area contributed by atoms with Crippen molar-refractivity contribution in [3.63, 3.8) is 0 Å². The van der Waals surface area contributed by atoms with Crippen molar-refractivity contribution in [2.24, 2.45) is 7.05 Å². The number of anilines is 2. The maximum absolute atomic E-state index is 11.3. The SMILES string of the molecule is CCCC[C@@H](CO)Nc1nc(NC(C)=O)ncc1OCc1cc(C)nn1C. The van der Waals surface area contributed by atoms with Gasteiger partial charge in [0, 0.05) is 14.0 Å². The number of hydrogen-bond donors (Lipinski definition) is 3. The highest BCUT2D eigenvalue weighted by Gasteiger charge is 2.15. The van der Waals surface area contributed by atoms with Gasteiger partial charge in [0.25, 0.3) is 0 Å². The van der Waals surface area contributed by atoms with E-state index in [0.29, 0.717) is 18.2 Å². The number of aliphatic hydroxyl groups excluding tert-OH is 1. The number of nitrogens with zero attached hydrogens (tertiary/aromatic N) is 4. The zero-order valence-corrected chi connectivity index (χ0v) is 16.3. The molecule has 0 unspecified atom stereocenters. The molecule has 0 aromatic carbocycles. The molecule has 0 bridgehead atoms. The van der Waals surface area contributed by atoms with Crippen LogP contribution < -0.4 is 15.4 Å². The van der Waals surface area contributed by atoms with E-state index in [0.717, 1.165) is 30.7 Å². The summed E-state index contributed by atoms with van der Waals surface area (Å²) < 4.78 is 7.64. The van der Waals surface area contributed by atoms with Gasteiger partial charge in [0.2, 0.25) is 11.9 Å². The van der Waals surface area contributed by atoms with Crippen molar-refractivity contribution in [2.45, 2.75) is 52.7 Å². The molecule has 9 heteroatoms. The van der Waals surface area contributed by atoms with Crippen molar-refractivity contribution >= 4 is 17.7 Å².